The molecule has 3 aromatic heterocycles. The lowest BCUT2D eigenvalue weighted by Gasteiger charge is -2.12. The first kappa shape index (κ1) is 18.4. The Morgan fingerprint density at radius 2 is 1.76 bits per heavy atom. The lowest BCUT2D eigenvalue weighted by molar-refractivity contribution is 0.387. The molecule has 0 aliphatic rings. The van der Waals surface area contributed by atoms with E-state index in [1.807, 2.05) is 71.6 Å². The van der Waals surface area contributed by atoms with E-state index >= 15 is 0 Å². The van der Waals surface area contributed by atoms with Crippen LogP contribution in [-0.4, -0.2) is 49.6 Å². The maximum Gasteiger partial charge on any atom is 0.179 e. The van der Waals surface area contributed by atoms with E-state index in [1.165, 1.54) is 0 Å². The quantitative estimate of drug-likeness (QED) is 0.568. The van der Waals surface area contributed by atoms with E-state index in [9.17, 15) is 10.5 Å². The summed E-state index contributed by atoms with van der Waals surface area (Å²) in [5, 5.41) is 18.8. The van der Waals surface area contributed by atoms with Gasteiger partial charge in [0.2, 0.25) is 0 Å². The van der Waals surface area contributed by atoms with Gasteiger partial charge in [-0.15, -0.1) is 0 Å². The SMILES string of the molecule is CN(C)CCn1c(N)c(-c2nc3ccccc3n2C)c2nc(C#N)c(C#N)nc21. The zero-order chi connectivity index (χ0) is 20.7. The van der Waals surface area contributed by atoms with Gasteiger partial charge >= 0.3 is 0 Å². The molecule has 9 nitrogen and oxygen atoms in total. The van der Waals surface area contributed by atoms with Gasteiger partial charge in [-0.25, -0.2) is 15.0 Å². The molecule has 0 aliphatic heterocycles. The second-order valence-corrected chi connectivity index (χ2v) is 7.01. The summed E-state index contributed by atoms with van der Waals surface area (Å²) in [6.45, 7) is 1.28. The maximum absolute atomic E-state index is 9.42. The van der Waals surface area contributed by atoms with Crippen molar-refractivity contribution >= 4 is 28.0 Å². The predicted molar refractivity (Wildman–Crippen MR) is 110 cm³/mol. The molecule has 0 atom stereocenters. The Kier molecular flexibility index (Phi) is 4.38. The average molecular weight is 385 g/mol. The Bertz CT molecular complexity index is 1330. The number of benzene rings is 1. The zero-order valence-corrected chi connectivity index (χ0v) is 16.4. The molecule has 3 heterocycles. The number of nitrogens with zero attached hydrogens (tertiary/aromatic N) is 8. The van der Waals surface area contributed by atoms with Gasteiger partial charge in [-0.1, -0.05) is 12.1 Å². The summed E-state index contributed by atoms with van der Waals surface area (Å²) >= 11 is 0. The van der Waals surface area contributed by atoms with Crippen LogP contribution in [0.15, 0.2) is 24.3 Å². The minimum atomic E-state index is -0.0234. The number of fused-ring (bicyclic) bond motifs is 2. The van der Waals surface area contributed by atoms with Gasteiger partial charge in [0.15, 0.2) is 17.0 Å². The molecule has 4 rings (SSSR count). The highest BCUT2D eigenvalue weighted by Crippen LogP contribution is 2.36. The normalized spacial score (nSPS) is 11.2. The fourth-order valence-corrected chi connectivity index (χ4v) is 3.42. The summed E-state index contributed by atoms with van der Waals surface area (Å²) in [6.07, 6.45) is 0. The maximum atomic E-state index is 9.42. The molecule has 0 bridgehead atoms. The molecule has 2 N–H and O–H groups in total. The molecule has 0 fully saturated rings. The van der Waals surface area contributed by atoms with Gasteiger partial charge in [0.25, 0.3) is 0 Å². The van der Waals surface area contributed by atoms with Gasteiger partial charge in [0.1, 0.15) is 29.3 Å². The first-order valence-electron chi connectivity index (χ1n) is 9.02. The second kappa shape index (κ2) is 6.89. The van der Waals surface area contributed by atoms with Crippen molar-refractivity contribution in [3.05, 3.63) is 35.7 Å². The van der Waals surface area contributed by atoms with E-state index in [0.29, 0.717) is 34.9 Å². The van der Waals surface area contributed by atoms with Crippen LogP contribution in [0.25, 0.3) is 33.6 Å². The third-order valence-corrected chi connectivity index (χ3v) is 4.91. The van der Waals surface area contributed by atoms with Crippen molar-refractivity contribution in [1.29, 1.82) is 10.5 Å². The third kappa shape index (κ3) is 2.85. The van der Waals surface area contributed by atoms with Gasteiger partial charge < -0.3 is 19.8 Å². The number of anilines is 1. The van der Waals surface area contributed by atoms with Gasteiger partial charge in [-0.05, 0) is 26.2 Å². The monoisotopic (exact) mass is 385 g/mol. The van der Waals surface area contributed by atoms with Crippen LogP contribution in [0.3, 0.4) is 0 Å². The molecule has 0 aliphatic carbocycles. The number of aromatic nitrogens is 5. The highest BCUT2D eigenvalue weighted by molar-refractivity contribution is 5.99. The second-order valence-electron chi connectivity index (χ2n) is 7.01. The molecule has 0 unspecified atom stereocenters. The standard InChI is InChI=1S/C20H19N9/c1-27(2)8-9-29-18(23)16(17-20(29)26-14(11-22)13(10-21)24-17)19-25-12-6-4-5-7-15(12)28(19)3/h4-7H,8-9,23H2,1-3H3. The molecule has 9 heteroatoms. The van der Waals surface area contributed by atoms with Crippen LogP contribution < -0.4 is 5.73 Å². The topological polar surface area (TPSA) is 125 Å². The van der Waals surface area contributed by atoms with Crippen molar-refractivity contribution in [2.45, 2.75) is 6.54 Å². The first-order valence-corrected chi connectivity index (χ1v) is 9.02. The highest BCUT2D eigenvalue weighted by Gasteiger charge is 2.25. The van der Waals surface area contributed by atoms with E-state index < -0.39 is 0 Å². The summed E-state index contributed by atoms with van der Waals surface area (Å²) in [5.74, 6) is 1.10. The Morgan fingerprint density at radius 1 is 1.07 bits per heavy atom. The van der Waals surface area contributed by atoms with Gasteiger partial charge in [-0.3, -0.25) is 0 Å². The Labute approximate surface area is 167 Å². The Morgan fingerprint density at radius 3 is 2.41 bits per heavy atom. The molecule has 0 spiro atoms. The fourth-order valence-electron chi connectivity index (χ4n) is 3.42. The van der Waals surface area contributed by atoms with Crippen LogP contribution in [-0.2, 0) is 13.6 Å². The summed E-state index contributed by atoms with van der Waals surface area (Å²) < 4.78 is 3.78. The number of para-hydroxylation sites is 2. The zero-order valence-electron chi connectivity index (χ0n) is 16.4. The van der Waals surface area contributed by atoms with Crippen molar-refractivity contribution in [3.63, 3.8) is 0 Å². The van der Waals surface area contributed by atoms with Crippen molar-refractivity contribution in [2.24, 2.45) is 7.05 Å². The van der Waals surface area contributed by atoms with Crippen molar-refractivity contribution in [3.8, 4) is 23.5 Å². The van der Waals surface area contributed by atoms with Crippen LogP contribution >= 0.6 is 0 Å². The summed E-state index contributed by atoms with van der Waals surface area (Å²) in [4.78, 5) is 15.6. The van der Waals surface area contributed by atoms with Gasteiger partial charge in [-0.2, -0.15) is 10.5 Å². The van der Waals surface area contributed by atoms with Crippen LogP contribution in [0.1, 0.15) is 11.4 Å². The minimum Gasteiger partial charge on any atom is -0.384 e. The molecule has 4 aromatic rings. The predicted octanol–water partition coefficient (Wildman–Crippen LogP) is 1.87. The van der Waals surface area contributed by atoms with Crippen LogP contribution in [0.2, 0.25) is 0 Å². The number of hydrogen-bond donors (Lipinski definition) is 1. The van der Waals surface area contributed by atoms with Crippen molar-refractivity contribution < 1.29 is 0 Å². The van der Waals surface area contributed by atoms with Crippen LogP contribution in [0.5, 0.6) is 0 Å². The Hall–Kier alpha value is -3.95. The number of likely N-dealkylation sites (N-methyl/N-ethyl adjacent to an activating group) is 1. The molecular formula is C20H19N9. The molecule has 144 valence electrons. The van der Waals surface area contributed by atoms with Crippen LogP contribution in [0, 0.1) is 22.7 Å². The molecule has 0 saturated carbocycles. The lowest BCUT2D eigenvalue weighted by Crippen LogP contribution is -2.19. The van der Waals surface area contributed by atoms with Crippen LogP contribution in [0.4, 0.5) is 5.82 Å². The number of nitrogens with two attached hydrogens (primary N) is 1. The number of aryl methyl sites for hydroxylation is 1. The number of imidazole rings is 1. The number of rotatable bonds is 4. The molecule has 0 saturated heterocycles. The largest absolute Gasteiger partial charge is 0.384 e. The highest BCUT2D eigenvalue weighted by atomic mass is 15.2. The molecule has 1 aromatic carbocycles. The number of nitrogen functional groups attached to an aromatic ring is 1. The summed E-state index contributed by atoms with van der Waals surface area (Å²) in [7, 11) is 5.85. The number of nitriles is 2. The van der Waals surface area contributed by atoms with Gasteiger partial charge in [0, 0.05) is 20.1 Å². The first-order chi connectivity index (χ1) is 14.0. The molecule has 29 heavy (non-hydrogen) atoms. The van der Waals surface area contributed by atoms with E-state index in [0.717, 1.165) is 17.6 Å². The van der Waals surface area contributed by atoms with E-state index in [1.54, 1.807) is 0 Å². The Balaban J connectivity index is 2.07. The summed E-state index contributed by atoms with van der Waals surface area (Å²) in [6, 6.07) is 11.7. The van der Waals surface area contributed by atoms with Gasteiger partial charge in [0.05, 0.1) is 16.6 Å². The fraction of sp³-hybridized carbons (Fsp3) is 0.250. The lowest BCUT2D eigenvalue weighted by atomic mass is 10.2. The van der Waals surface area contributed by atoms with Crippen molar-refractivity contribution in [2.75, 3.05) is 26.4 Å². The molecule has 0 radical (unpaired) electrons. The third-order valence-electron chi connectivity index (χ3n) is 4.91. The van der Waals surface area contributed by atoms with E-state index in [2.05, 4.69) is 9.97 Å². The molecule has 0 amide bonds. The smallest absolute Gasteiger partial charge is 0.179 e. The summed E-state index contributed by atoms with van der Waals surface area (Å²) in [5.41, 5.74) is 9.87. The van der Waals surface area contributed by atoms with E-state index in [-0.39, 0.29) is 11.4 Å². The molecular weight excluding hydrogens is 366 g/mol. The van der Waals surface area contributed by atoms with Crippen molar-refractivity contribution in [1.82, 2.24) is 29.0 Å². The average Bonchev–Trinajstić information content (AvgIpc) is 3.18. The van der Waals surface area contributed by atoms with E-state index in [4.69, 9.17) is 10.7 Å². The number of hydrogen-bond acceptors (Lipinski definition) is 7. The minimum absolute atomic E-state index is 0.0137.